The predicted octanol–water partition coefficient (Wildman–Crippen LogP) is 3.83. The van der Waals surface area contributed by atoms with Crippen molar-refractivity contribution in [2.24, 2.45) is 0 Å². The fraction of sp³-hybridized carbons (Fsp3) is 0.412. The van der Waals surface area contributed by atoms with Gasteiger partial charge in [-0.15, -0.1) is 0 Å². The van der Waals surface area contributed by atoms with Crippen molar-refractivity contribution in [2.45, 2.75) is 33.2 Å². The van der Waals surface area contributed by atoms with Crippen LogP contribution in [0, 0.1) is 19.7 Å². The quantitative estimate of drug-likeness (QED) is 0.824. The second kappa shape index (κ2) is 5.41. The number of rotatable bonds is 3. The third-order valence-corrected chi connectivity index (χ3v) is 4.21. The average molecular weight is 272 g/mol. The SMILES string of the molecule is Cc1cc(CN2CCCC2)c(C)n1-c1ccc(F)cc1. The fourth-order valence-electron chi connectivity index (χ4n) is 3.16. The Kier molecular flexibility index (Phi) is 3.62. The lowest BCUT2D eigenvalue weighted by atomic mass is 10.2. The first-order valence-electron chi connectivity index (χ1n) is 7.31. The molecule has 3 rings (SSSR count). The van der Waals surface area contributed by atoms with E-state index in [1.807, 2.05) is 12.1 Å². The van der Waals surface area contributed by atoms with Gasteiger partial charge in [0, 0.05) is 23.6 Å². The number of aromatic nitrogens is 1. The number of halogens is 1. The van der Waals surface area contributed by atoms with Crippen LogP contribution < -0.4 is 0 Å². The fourth-order valence-corrected chi connectivity index (χ4v) is 3.16. The van der Waals surface area contributed by atoms with Gasteiger partial charge in [-0.05, 0) is 75.7 Å². The molecule has 2 aromatic rings. The molecule has 1 saturated heterocycles. The minimum Gasteiger partial charge on any atom is -0.318 e. The smallest absolute Gasteiger partial charge is 0.123 e. The molecule has 1 aliphatic heterocycles. The van der Waals surface area contributed by atoms with E-state index in [0.717, 1.165) is 12.2 Å². The van der Waals surface area contributed by atoms with Crippen LogP contribution in [0.4, 0.5) is 4.39 Å². The largest absolute Gasteiger partial charge is 0.318 e. The molecule has 2 heterocycles. The normalized spacial score (nSPS) is 15.9. The van der Waals surface area contributed by atoms with Crippen molar-refractivity contribution < 1.29 is 4.39 Å². The molecule has 3 heteroatoms. The molecule has 0 amide bonds. The van der Waals surface area contributed by atoms with Crippen molar-refractivity contribution in [1.82, 2.24) is 9.47 Å². The second-order valence-corrected chi connectivity index (χ2v) is 5.69. The highest BCUT2D eigenvalue weighted by Gasteiger charge is 2.16. The average Bonchev–Trinajstić information content (AvgIpc) is 3.02. The summed E-state index contributed by atoms with van der Waals surface area (Å²) >= 11 is 0. The Bertz CT molecular complexity index is 592. The molecule has 106 valence electrons. The number of hydrogen-bond donors (Lipinski definition) is 0. The Morgan fingerprint density at radius 1 is 1.05 bits per heavy atom. The lowest BCUT2D eigenvalue weighted by molar-refractivity contribution is 0.330. The maximum atomic E-state index is 13.1. The van der Waals surface area contributed by atoms with E-state index in [0.29, 0.717) is 0 Å². The summed E-state index contributed by atoms with van der Waals surface area (Å²) < 4.78 is 15.3. The third kappa shape index (κ3) is 2.50. The van der Waals surface area contributed by atoms with Gasteiger partial charge in [-0.3, -0.25) is 4.90 Å². The number of nitrogens with zero attached hydrogens (tertiary/aromatic N) is 2. The molecule has 0 unspecified atom stereocenters. The minimum absolute atomic E-state index is 0.187. The van der Waals surface area contributed by atoms with Gasteiger partial charge < -0.3 is 4.57 Å². The summed E-state index contributed by atoms with van der Waals surface area (Å²) in [5.41, 5.74) is 4.90. The molecule has 0 atom stereocenters. The summed E-state index contributed by atoms with van der Waals surface area (Å²) in [5, 5.41) is 0. The first-order chi connectivity index (χ1) is 9.65. The van der Waals surface area contributed by atoms with E-state index in [2.05, 4.69) is 29.4 Å². The summed E-state index contributed by atoms with van der Waals surface area (Å²) in [5.74, 6) is -0.187. The van der Waals surface area contributed by atoms with Crippen LogP contribution >= 0.6 is 0 Å². The standard InChI is InChI=1S/C17H21FN2/c1-13-11-15(12-19-9-3-4-10-19)14(2)20(13)17-7-5-16(18)6-8-17/h5-8,11H,3-4,9-10,12H2,1-2H3. The van der Waals surface area contributed by atoms with Crippen molar-refractivity contribution in [2.75, 3.05) is 13.1 Å². The number of hydrogen-bond acceptors (Lipinski definition) is 1. The zero-order valence-electron chi connectivity index (χ0n) is 12.2. The summed E-state index contributed by atoms with van der Waals surface area (Å²) in [4.78, 5) is 2.51. The Labute approximate surface area is 119 Å². The van der Waals surface area contributed by atoms with E-state index in [4.69, 9.17) is 0 Å². The molecule has 0 N–H and O–H groups in total. The molecule has 0 saturated carbocycles. The lowest BCUT2D eigenvalue weighted by Crippen LogP contribution is -2.18. The van der Waals surface area contributed by atoms with Gasteiger partial charge in [0.05, 0.1) is 0 Å². The highest BCUT2D eigenvalue weighted by molar-refractivity contribution is 5.41. The molecule has 0 spiro atoms. The van der Waals surface area contributed by atoms with Crippen LogP contribution in [0.3, 0.4) is 0 Å². The van der Waals surface area contributed by atoms with Crippen molar-refractivity contribution in [3.8, 4) is 5.69 Å². The number of aryl methyl sites for hydroxylation is 1. The monoisotopic (exact) mass is 272 g/mol. The van der Waals surface area contributed by atoms with E-state index in [1.165, 1.54) is 55.0 Å². The van der Waals surface area contributed by atoms with Crippen LogP contribution in [-0.2, 0) is 6.54 Å². The zero-order chi connectivity index (χ0) is 14.1. The summed E-state index contributed by atoms with van der Waals surface area (Å²) in [6.07, 6.45) is 2.63. The molecular weight excluding hydrogens is 251 g/mol. The Morgan fingerprint density at radius 3 is 2.35 bits per heavy atom. The molecule has 0 aliphatic carbocycles. The van der Waals surface area contributed by atoms with Gasteiger partial charge in [0.2, 0.25) is 0 Å². The topological polar surface area (TPSA) is 8.17 Å². The van der Waals surface area contributed by atoms with Crippen LogP contribution in [-0.4, -0.2) is 22.6 Å². The van der Waals surface area contributed by atoms with Crippen LogP contribution in [0.5, 0.6) is 0 Å². The van der Waals surface area contributed by atoms with E-state index >= 15 is 0 Å². The van der Waals surface area contributed by atoms with Crippen LogP contribution in [0.1, 0.15) is 29.8 Å². The van der Waals surface area contributed by atoms with Gasteiger partial charge in [0.25, 0.3) is 0 Å². The van der Waals surface area contributed by atoms with E-state index in [-0.39, 0.29) is 5.82 Å². The van der Waals surface area contributed by atoms with Gasteiger partial charge in [-0.25, -0.2) is 4.39 Å². The first kappa shape index (κ1) is 13.4. The van der Waals surface area contributed by atoms with Crippen LogP contribution in [0.2, 0.25) is 0 Å². The van der Waals surface area contributed by atoms with Crippen molar-refractivity contribution >= 4 is 0 Å². The first-order valence-corrected chi connectivity index (χ1v) is 7.31. The van der Waals surface area contributed by atoms with Gasteiger partial charge >= 0.3 is 0 Å². The highest BCUT2D eigenvalue weighted by atomic mass is 19.1. The summed E-state index contributed by atoms with van der Waals surface area (Å²) in [7, 11) is 0. The highest BCUT2D eigenvalue weighted by Crippen LogP contribution is 2.23. The Morgan fingerprint density at radius 2 is 1.70 bits per heavy atom. The van der Waals surface area contributed by atoms with Crippen molar-refractivity contribution in [3.63, 3.8) is 0 Å². The van der Waals surface area contributed by atoms with Crippen LogP contribution in [0.25, 0.3) is 5.69 Å². The van der Waals surface area contributed by atoms with E-state index < -0.39 is 0 Å². The molecular formula is C17H21FN2. The zero-order valence-corrected chi connectivity index (χ0v) is 12.2. The Hall–Kier alpha value is -1.61. The van der Waals surface area contributed by atoms with E-state index in [9.17, 15) is 4.39 Å². The summed E-state index contributed by atoms with van der Waals surface area (Å²) in [6.45, 7) is 7.72. The summed E-state index contributed by atoms with van der Waals surface area (Å²) in [6, 6.07) is 8.99. The van der Waals surface area contributed by atoms with Crippen molar-refractivity contribution in [1.29, 1.82) is 0 Å². The maximum Gasteiger partial charge on any atom is 0.123 e. The predicted molar refractivity (Wildman–Crippen MR) is 79.7 cm³/mol. The Balaban J connectivity index is 1.91. The molecule has 1 fully saturated rings. The maximum absolute atomic E-state index is 13.1. The molecule has 0 bridgehead atoms. The molecule has 1 aliphatic rings. The van der Waals surface area contributed by atoms with Gasteiger partial charge in [-0.1, -0.05) is 0 Å². The number of benzene rings is 1. The third-order valence-electron chi connectivity index (χ3n) is 4.21. The van der Waals surface area contributed by atoms with Gasteiger partial charge in [0.15, 0.2) is 0 Å². The van der Waals surface area contributed by atoms with Gasteiger partial charge in [-0.2, -0.15) is 0 Å². The molecule has 1 aromatic heterocycles. The molecule has 20 heavy (non-hydrogen) atoms. The molecule has 0 radical (unpaired) electrons. The van der Waals surface area contributed by atoms with Crippen molar-refractivity contribution in [3.05, 3.63) is 53.1 Å². The lowest BCUT2D eigenvalue weighted by Gasteiger charge is -2.15. The second-order valence-electron chi connectivity index (χ2n) is 5.69. The number of likely N-dealkylation sites (tertiary alicyclic amines) is 1. The van der Waals surface area contributed by atoms with E-state index in [1.54, 1.807) is 0 Å². The molecule has 2 nitrogen and oxygen atoms in total. The van der Waals surface area contributed by atoms with Gasteiger partial charge in [0.1, 0.15) is 5.82 Å². The minimum atomic E-state index is -0.187. The van der Waals surface area contributed by atoms with Crippen LogP contribution in [0.15, 0.2) is 30.3 Å². The molecule has 1 aromatic carbocycles.